The molecule has 0 unspecified atom stereocenters. The summed E-state index contributed by atoms with van der Waals surface area (Å²) >= 11 is 3.35. The van der Waals surface area contributed by atoms with Crippen molar-refractivity contribution < 1.29 is 9.66 Å². The summed E-state index contributed by atoms with van der Waals surface area (Å²) in [6.45, 7) is 0. The normalized spacial score (nSPS) is 10.8. The summed E-state index contributed by atoms with van der Waals surface area (Å²) < 4.78 is 6.46. The fourth-order valence-electron chi connectivity index (χ4n) is 2.22. The molecule has 3 rings (SSSR count). The summed E-state index contributed by atoms with van der Waals surface area (Å²) in [5.74, 6) is 2.08. The molecule has 0 saturated carbocycles. The van der Waals surface area contributed by atoms with E-state index in [1.54, 1.807) is 42.3 Å². The molecule has 7 heteroatoms. The lowest BCUT2D eigenvalue weighted by Gasteiger charge is -2.07. The summed E-state index contributed by atoms with van der Waals surface area (Å²) in [7, 11) is 1.57. The molecule has 0 N–H and O–H groups in total. The molecule has 5 nitrogen and oxygen atoms in total. The molecule has 0 aliphatic rings. The van der Waals surface area contributed by atoms with Crippen LogP contribution in [0.4, 0.5) is 5.69 Å². The first-order chi connectivity index (χ1) is 11.2. The quantitative estimate of drug-likeness (QED) is 0.480. The number of hydrogen-bond donors (Lipinski definition) is 0. The van der Waals surface area contributed by atoms with E-state index in [-0.39, 0.29) is 10.6 Å². The first kappa shape index (κ1) is 15.8. The van der Waals surface area contributed by atoms with Crippen LogP contribution in [0, 0.1) is 10.1 Å². The number of thiazole rings is 1. The van der Waals surface area contributed by atoms with Gasteiger partial charge in [-0.3, -0.25) is 10.1 Å². The Hall–Kier alpha value is -2.12. The molecule has 0 fully saturated rings. The predicted octanol–water partition coefficient (Wildman–Crippen LogP) is 4.65. The third-order valence-electron chi connectivity index (χ3n) is 3.30. The van der Waals surface area contributed by atoms with Gasteiger partial charge in [-0.25, -0.2) is 4.98 Å². The lowest BCUT2D eigenvalue weighted by molar-refractivity contribution is -0.384. The van der Waals surface area contributed by atoms with Crippen LogP contribution in [0.5, 0.6) is 5.75 Å². The number of benzene rings is 2. The van der Waals surface area contributed by atoms with E-state index in [0.29, 0.717) is 11.5 Å². The van der Waals surface area contributed by atoms with Gasteiger partial charge in [-0.1, -0.05) is 12.1 Å². The van der Waals surface area contributed by atoms with Crippen LogP contribution in [0.2, 0.25) is 0 Å². The molecule has 0 radical (unpaired) electrons. The summed E-state index contributed by atoms with van der Waals surface area (Å²) in [5.41, 5.74) is 1.93. The molecule has 1 heterocycles. The van der Waals surface area contributed by atoms with Crippen LogP contribution in [-0.2, 0) is 11.5 Å². The second-order valence-electron chi connectivity index (χ2n) is 4.82. The van der Waals surface area contributed by atoms with Crippen molar-refractivity contribution in [1.29, 1.82) is 0 Å². The Morgan fingerprint density at radius 3 is 2.83 bits per heavy atom. The largest absolute Gasteiger partial charge is 0.496 e. The summed E-state index contributed by atoms with van der Waals surface area (Å²) in [4.78, 5) is 15.1. The van der Waals surface area contributed by atoms with E-state index < -0.39 is 0 Å². The molecule has 0 aliphatic heterocycles. The van der Waals surface area contributed by atoms with Gasteiger partial charge in [-0.15, -0.1) is 23.1 Å². The van der Waals surface area contributed by atoms with Crippen LogP contribution in [0.15, 0.2) is 42.5 Å². The fourth-order valence-corrected chi connectivity index (χ4v) is 4.26. The maximum absolute atomic E-state index is 10.9. The molecule has 0 amide bonds. The monoisotopic (exact) mass is 346 g/mol. The molecule has 3 aromatic rings. The Balaban J connectivity index is 1.70. The smallest absolute Gasteiger partial charge is 0.270 e. The first-order valence-electron chi connectivity index (χ1n) is 6.91. The van der Waals surface area contributed by atoms with Gasteiger partial charge in [0.05, 0.1) is 22.2 Å². The molecule has 0 spiro atoms. The molecule has 0 atom stereocenters. The van der Waals surface area contributed by atoms with Crippen LogP contribution in [0.1, 0.15) is 10.6 Å². The number of non-ortho nitro benzene ring substituents is 1. The highest BCUT2D eigenvalue weighted by Crippen LogP contribution is 2.30. The highest BCUT2D eigenvalue weighted by Gasteiger charge is 2.12. The number of thioether (sulfide) groups is 1. The zero-order valence-corrected chi connectivity index (χ0v) is 14.0. The minimum absolute atomic E-state index is 0.0846. The fraction of sp³-hybridized carbons (Fsp3) is 0.188. The molecule has 2 aromatic carbocycles. The number of nitrogens with zero attached hydrogens (tertiary/aromatic N) is 2. The first-order valence-corrected chi connectivity index (χ1v) is 8.88. The Kier molecular flexibility index (Phi) is 4.78. The lowest BCUT2D eigenvalue weighted by atomic mass is 10.2. The Morgan fingerprint density at radius 1 is 1.26 bits per heavy atom. The Morgan fingerprint density at radius 2 is 2.09 bits per heavy atom. The van der Waals surface area contributed by atoms with Gasteiger partial charge in [0.25, 0.3) is 5.69 Å². The number of fused-ring (bicyclic) bond motifs is 1. The molecule has 0 aliphatic carbocycles. The van der Waals surface area contributed by atoms with Gasteiger partial charge < -0.3 is 4.74 Å². The molecule has 0 saturated heterocycles. The second-order valence-corrected chi connectivity index (χ2v) is 6.92. The highest BCUT2D eigenvalue weighted by atomic mass is 32.2. The number of nitro benzene ring substituents is 1. The Labute approximate surface area is 141 Å². The predicted molar refractivity (Wildman–Crippen MR) is 94.3 cm³/mol. The maximum Gasteiger partial charge on any atom is 0.270 e. The Bertz CT molecular complexity index is 815. The van der Waals surface area contributed by atoms with Crippen LogP contribution in [0.3, 0.4) is 0 Å². The van der Waals surface area contributed by atoms with E-state index >= 15 is 0 Å². The summed E-state index contributed by atoms with van der Waals surface area (Å²) in [6.07, 6.45) is 0. The van der Waals surface area contributed by atoms with Gasteiger partial charge in [0.2, 0.25) is 0 Å². The highest BCUT2D eigenvalue weighted by molar-refractivity contribution is 7.97. The van der Waals surface area contributed by atoms with Crippen LogP contribution >= 0.6 is 23.1 Å². The number of para-hydroxylation sites is 1. The van der Waals surface area contributed by atoms with E-state index in [4.69, 9.17) is 4.74 Å². The third-order valence-corrected chi connectivity index (χ3v) is 5.51. The number of ether oxygens (including phenoxy) is 1. The van der Waals surface area contributed by atoms with E-state index in [2.05, 4.69) is 11.1 Å². The van der Waals surface area contributed by atoms with Crippen molar-refractivity contribution in [3.63, 3.8) is 0 Å². The minimum atomic E-state index is -0.388. The van der Waals surface area contributed by atoms with Gasteiger partial charge in [-0.2, -0.15) is 0 Å². The van der Waals surface area contributed by atoms with Crippen molar-refractivity contribution in [3.05, 3.63) is 63.1 Å². The van der Waals surface area contributed by atoms with Gasteiger partial charge in [0, 0.05) is 29.2 Å². The second kappa shape index (κ2) is 6.97. The molecular formula is C16H14N2O3S2. The molecule has 0 bridgehead atoms. The van der Waals surface area contributed by atoms with E-state index in [1.165, 1.54) is 10.8 Å². The van der Waals surface area contributed by atoms with Gasteiger partial charge in [-0.05, 0) is 18.2 Å². The van der Waals surface area contributed by atoms with Crippen LogP contribution in [-0.4, -0.2) is 17.0 Å². The van der Waals surface area contributed by atoms with Crippen LogP contribution in [0.25, 0.3) is 10.2 Å². The van der Waals surface area contributed by atoms with Gasteiger partial charge in [0.15, 0.2) is 0 Å². The number of hydrogen-bond acceptors (Lipinski definition) is 6. The van der Waals surface area contributed by atoms with E-state index in [9.17, 15) is 10.1 Å². The number of rotatable bonds is 6. The zero-order chi connectivity index (χ0) is 16.2. The standard InChI is InChI=1S/C16H14N2O3S2/c1-21-14-7-6-12(18(19)20)8-11(14)9-22-10-16-17-13-4-2-3-5-15(13)23-16/h2-8H,9-10H2,1H3. The van der Waals surface area contributed by atoms with Crippen molar-refractivity contribution in [1.82, 2.24) is 4.98 Å². The topological polar surface area (TPSA) is 65.3 Å². The third kappa shape index (κ3) is 3.62. The van der Waals surface area contributed by atoms with E-state index in [1.807, 2.05) is 18.2 Å². The zero-order valence-electron chi connectivity index (χ0n) is 12.4. The minimum Gasteiger partial charge on any atom is -0.496 e. The van der Waals surface area contributed by atoms with Crippen molar-refractivity contribution in [2.24, 2.45) is 0 Å². The van der Waals surface area contributed by atoms with Crippen LogP contribution < -0.4 is 4.74 Å². The van der Waals surface area contributed by atoms with Crippen molar-refractivity contribution in [2.75, 3.05) is 7.11 Å². The molecule has 118 valence electrons. The molecule has 23 heavy (non-hydrogen) atoms. The van der Waals surface area contributed by atoms with Gasteiger partial charge in [0.1, 0.15) is 10.8 Å². The van der Waals surface area contributed by atoms with Crippen molar-refractivity contribution in [2.45, 2.75) is 11.5 Å². The van der Waals surface area contributed by atoms with Gasteiger partial charge >= 0.3 is 0 Å². The molecular weight excluding hydrogens is 332 g/mol. The van der Waals surface area contributed by atoms with Crippen molar-refractivity contribution >= 4 is 39.0 Å². The average Bonchev–Trinajstić information content (AvgIpc) is 2.97. The maximum atomic E-state index is 10.9. The SMILES string of the molecule is COc1ccc([N+](=O)[O-])cc1CSCc1nc2ccccc2s1. The summed E-state index contributed by atoms with van der Waals surface area (Å²) in [6, 6.07) is 12.7. The molecule has 1 aromatic heterocycles. The number of aromatic nitrogens is 1. The summed E-state index contributed by atoms with van der Waals surface area (Å²) in [5, 5.41) is 12.0. The average molecular weight is 346 g/mol. The number of methoxy groups -OCH3 is 1. The lowest BCUT2D eigenvalue weighted by Crippen LogP contribution is -1.94. The van der Waals surface area contributed by atoms with Crippen molar-refractivity contribution in [3.8, 4) is 5.75 Å². The van der Waals surface area contributed by atoms with E-state index in [0.717, 1.165) is 21.8 Å². The number of nitro groups is 1.